The van der Waals surface area contributed by atoms with Gasteiger partial charge in [-0.2, -0.15) is 0 Å². The van der Waals surface area contributed by atoms with Crippen molar-refractivity contribution in [3.63, 3.8) is 0 Å². The van der Waals surface area contributed by atoms with Crippen LogP contribution < -0.4 is 0 Å². The Balaban J connectivity index is 1.09. The van der Waals surface area contributed by atoms with E-state index in [1.54, 1.807) is 0 Å². The lowest BCUT2D eigenvalue weighted by Crippen LogP contribution is -1.94. The first-order valence-corrected chi connectivity index (χ1v) is 17.2. The lowest BCUT2D eigenvalue weighted by Gasteiger charge is -2.16. The van der Waals surface area contributed by atoms with E-state index in [1.165, 1.54) is 82.7 Å². The van der Waals surface area contributed by atoms with Crippen LogP contribution in [0.15, 0.2) is 194 Å². The Kier molecular flexibility index (Phi) is 6.53. The molecular formula is C48H32N2. The first kappa shape index (κ1) is 28.4. The molecule has 10 aromatic rings. The highest BCUT2D eigenvalue weighted by Crippen LogP contribution is 2.41. The molecule has 0 aliphatic carbocycles. The summed E-state index contributed by atoms with van der Waals surface area (Å²) in [6, 6.07) is 70.4. The third-order valence-corrected chi connectivity index (χ3v) is 10.2. The quantitative estimate of drug-likeness (QED) is 0.178. The molecule has 0 bridgehead atoms. The number of hydrogen-bond donors (Lipinski definition) is 0. The van der Waals surface area contributed by atoms with E-state index in [2.05, 4.69) is 203 Å². The molecule has 0 amide bonds. The van der Waals surface area contributed by atoms with E-state index < -0.39 is 0 Å². The molecule has 0 spiro atoms. The average Bonchev–Trinajstić information content (AvgIpc) is 3.71. The number of fused-ring (bicyclic) bond motifs is 6. The van der Waals surface area contributed by atoms with Gasteiger partial charge >= 0.3 is 0 Å². The fraction of sp³-hybridized carbons (Fsp3) is 0. The molecule has 2 aromatic heterocycles. The standard InChI is InChI=1S/C48H32N2/c1-2-14-35(15-3-1)49-47-25-13-10-22-43(47)44-32-34(28-31-48(44)49)38-17-5-7-19-40(38)39-18-6-4-16-37(39)33-26-29-36(30-27-33)50-45-23-11-8-20-41(45)42-21-9-12-24-46(42)50/h1-32H. The zero-order valence-electron chi connectivity index (χ0n) is 27.4. The molecule has 234 valence electrons. The maximum atomic E-state index is 2.38. The lowest BCUT2D eigenvalue weighted by molar-refractivity contribution is 1.18. The van der Waals surface area contributed by atoms with Crippen molar-refractivity contribution in [3.05, 3.63) is 194 Å². The number of para-hydroxylation sites is 4. The van der Waals surface area contributed by atoms with Crippen LogP contribution in [0, 0.1) is 0 Å². The van der Waals surface area contributed by atoms with E-state index in [0.717, 1.165) is 5.69 Å². The van der Waals surface area contributed by atoms with Gasteiger partial charge in [0.1, 0.15) is 0 Å². The van der Waals surface area contributed by atoms with Crippen LogP contribution in [0.25, 0.3) is 88.4 Å². The van der Waals surface area contributed by atoms with E-state index in [-0.39, 0.29) is 0 Å². The molecule has 2 heteroatoms. The first-order valence-electron chi connectivity index (χ1n) is 17.2. The van der Waals surface area contributed by atoms with Gasteiger partial charge in [-0.05, 0) is 88.0 Å². The summed E-state index contributed by atoms with van der Waals surface area (Å²) in [6.45, 7) is 0. The molecule has 2 nitrogen and oxygen atoms in total. The highest BCUT2D eigenvalue weighted by Gasteiger charge is 2.17. The summed E-state index contributed by atoms with van der Waals surface area (Å²) in [5, 5.41) is 5.06. The molecule has 0 fully saturated rings. The zero-order chi connectivity index (χ0) is 33.0. The van der Waals surface area contributed by atoms with E-state index in [4.69, 9.17) is 0 Å². The van der Waals surface area contributed by atoms with Gasteiger partial charge in [0.2, 0.25) is 0 Å². The zero-order valence-corrected chi connectivity index (χ0v) is 27.4. The molecule has 10 rings (SSSR count). The highest BCUT2D eigenvalue weighted by atomic mass is 15.0. The summed E-state index contributed by atoms with van der Waals surface area (Å²) in [4.78, 5) is 0. The third-order valence-electron chi connectivity index (χ3n) is 10.2. The maximum Gasteiger partial charge on any atom is 0.0541 e. The monoisotopic (exact) mass is 636 g/mol. The van der Waals surface area contributed by atoms with Crippen LogP contribution in [-0.2, 0) is 0 Å². The van der Waals surface area contributed by atoms with Crippen molar-refractivity contribution in [1.82, 2.24) is 9.13 Å². The van der Waals surface area contributed by atoms with Crippen molar-refractivity contribution in [2.24, 2.45) is 0 Å². The summed E-state index contributed by atoms with van der Waals surface area (Å²) >= 11 is 0. The molecule has 0 radical (unpaired) electrons. The first-order chi connectivity index (χ1) is 24.8. The predicted octanol–water partition coefficient (Wildman–Crippen LogP) is 12.9. The third kappa shape index (κ3) is 4.43. The van der Waals surface area contributed by atoms with Crippen LogP contribution in [0.3, 0.4) is 0 Å². The van der Waals surface area contributed by atoms with Gasteiger partial charge in [0.05, 0.1) is 22.1 Å². The van der Waals surface area contributed by atoms with E-state index in [9.17, 15) is 0 Å². The summed E-state index contributed by atoms with van der Waals surface area (Å²) in [5.74, 6) is 0. The Morgan fingerprint density at radius 1 is 0.240 bits per heavy atom. The Morgan fingerprint density at radius 3 is 1.18 bits per heavy atom. The van der Waals surface area contributed by atoms with E-state index in [1.807, 2.05) is 0 Å². The van der Waals surface area contributed by atoms with Crippen molar-refractivity contribution >= 4 is 43.6 Å². The summed E-state index contributed by atoms with van der Waals surface area (Å²) < 4.78 is 4.75. The summed E-state index contributed by atoms with van der Waals surface area (Å²) in [7, 11) is 0. The summed E-state index contributed by atoms with van der Waals surface area (Å²) in [5.41, 5.74) is 14.5. The van der Waals surface area contributed by atoms with Crippen molar-refractivity contribution in [2.45, 2.75) is 0 Å². The number of benzene rings is 8. The Labute approximate surface area is 290 Å². The SMILES string of the molecule is c1ccc(-n2c3ccccc3c3cc(-c4ccccc4-c4ccccc4-c4ccc(-n5c6ccccc6c6ccccc65)cc4)ccc32)cc1. The minimum absolute atomic E-state index is 1.16. The second kappa shape index (κ2) is 11.5. The van der Waals surface area contributed by atoms with Crippen LogP contribution in [0.1, 0.15) is 0 Å². The van der Waals surface area contributed by atoms with Gasteiger partial charge in [-0.25, -0.2) is 0 Å². The molecule has 0 aliphatic heterocycles. The largest absolute Gasteiger partial charge is 0.309 e. The van der Waals surface area contributed by atoms with Crippen molar-refractivity contribution in [1.29, 1.82) is 0 Å². The fourth-order valence-corrected chi connectivity index (χ4v) is 7.93. The molecule has 0 saturated carbocycles. The van der Waals surface area contributed by atoms with Gasteiger partial charge in [0, 0.05) is 32.9 Å². The highest BCUT2D eigenvalue weighted by molar-refractivity contribution is 6.11. The van der Waals surface area contributed by atoms with Crippen LogP contribution in [0.5, 0.6) is 0 Å². The Morgan fingerprint density at radius 2 is 0.620 bits per heavy atom. The van der Waals surface area contributed by atoms with Crippen molar-refractivity contribution in [2.75, 3.05) is 0 Å². The molecule has 2 heterocycles. The van der Waals surface area contributed by atoms with Crippen LogP contribution in [-0.4, -0.2) is 9.13 Å². The van der Waals surface area contributed by atoms with Gasteiger partial charge in [0.25, 0.3) is 0 Å². The van der Waals surface area contributed by atoms with E-state index in [0.29, 0.717) is 0 Å². The molecule has 0 N–H and O–H groups in total. The smallest absolute Gasteiger partial charge is 0.0541 e. The average molecular weight is 637 g/mol. The van der Waals surface area contributed by atoms with Crippen molar-refractivity contribution in [3.8, 4) is 44.8 Å². The van der Waals surface area contributed by atoms with Gasteiger partial charge < -0.3 is 9.13 Å². The minimum atomic E-state index is 1.16. The number of rotatable bonds is 5. The molecule has 0 unspecified atom stereocenters. The van der Waals surface area contributed by atoms with Gasteiger partial charge in [-0.15, -0.1) is 0 Å². The molecule has 0 atom stereocenters. The van der Waals surface area contributed by atoms with Gasteiger partial charge in [0.15, 0.2) is 0 Å². The van der Waals surface area contributed by atoms with Gasteiger partial charge in [-0.1, -0.05) is 140 Å². The molecule has 0 saturated heterocycles. The lowest BCUT2D eigenvalue weighted by atomic mass is 9.89. The minimum Gasteiger partial charge on any atom is -0.309 e. The van der Waals surface area contributed by atoms with Crippen molar-refractivity contribution < 1.29 is 0 Å². The molecule has 0 aliphatic rings. The number of aromatic nitrogens is 2. The number of hydrogen-bond acceptors (Lipinski definition) is 0. The fourth-order valence-electron chi connectivity index (χ4n) is 7.93. The Bertz CT molecular complexity index is 2800. The molecular weight excluding hydrogens is 605 g/mol. The number of nitrogens with zero attached hydrogens (tertiary/aromatic N) is 2. The Hall–Kier alpha value is -6.64. The topological polar surface area (TPSA) is 9.86 Å². The molecule has 50 heavy (non-hydrogen) atoms. The van der Waals surface area contributed by atoms with E-state index >= 15 is 0 Å². The summed E-state index contributed by atoms with van der Waals surface area (Å²) in [6.07, 6.45) is 0. The van der Waals surface area contributed by atoms with Crippen LogP contribution in [0.4, 0.5) is 0 Å². The predicted molar refractivity (Wildman–Crippen MR) is 211 cm³/mol. The second-order valence-corrected chi connectivity index (χ2v) is 12.9. The normalized spacial score (nSPS) is 11.6. The van der Waals surface area contributed by atoms with Crippen LogP contribution in [0.2, 0.25) is 0 Å². The molecule has 8 aromatic carbocycles. The maximum absolute atomic E-state index is 2.38. The van der Waals surface area contributed by atoms with Gasteiger partial charge in [-0.3, -0.25) is 0 Å². The second-order valence-electron chi connectivity index (χ2n) is 12.9. The van der Waals surface area contributed by atoms with Crippen LogP contribution >= 0.6 is 0 Å².